The lowest BCUT2D eigenvalue weighted by Crippen LogP contribution is -2.66. The normalized spacial score (nSPS) is 32.4. The Balaban J connectivity index is 1.50. The van der Waals surface area contributed by atoms with Gasteiger partial charge in [-0.25, -0.2) is 0 Å². The van der Waals surface area contributed by atoms with Crippen LogP contribution >= 0.6 is 0 Å². The van der Waals surface area contributed by atoms with Crippen molar-refractivity contribution in [1.82, 2.24) is 5.32 Å². The smallest absolute Gasteiger partial charge is 0.251 e. The van der Waals surface area contributed by atoms with E-state index in [1.165, 1.54) is 7.11 Å². The molecule has 0 saturated carbocycles. The number of hydrogen-bond donors (Lipinski definition) is 2. The van der Waals surface area contributed by atoms with E-state index in [1.54, 1.807) is 24.3 Å². The van der Waals surface area contributed by atoms with Crippen LogP contribution in [0, 0.1) is 0 Å². The van der Waals surface area contributed by atoms with E-state index >= 15 is 0 Å². The van der Waals surface area contributed by atoms with Crippen LogP contribution in [-0.4, -0.2) is 55.4 Å². The van der Waals surface area contributed by atoms with Gasteiger partial charge in [-0.05, 0) is 12.1 Å². The van der Waals surface area contributed by atoms with E-state index < -0.39 is 36.9 Å². The van der Waals surface area contributed by atoms with Crippen molar-refractivity contribution in [3.63, 3.8) is 0 Å². The first-order valence-corrected chi connectivity index (χ1v) is 9.21. The van der Waals surface area contributed by atoms with Crippen molar-refractivity contribution >= 4 is 5.91 Å². The lowest BCUT2D eigenvalue weighted by atomic mass is 9.95. The second-order valence-corrected chi connectivity index (χ2v) is 6.81. The molecule has 2 heterocycles. The second-order valence-electron chi connectivity index (χ2n) is 6.81. The highest BCUT2D eigenvalue weighted by molar-refractivity contribution is 5.94. The Bertz CT molecular complexity index is 786. The summed E-state index contributed by atoms with van der Waals surface area (Å²) in [5, 5.41) is 13.8. The van der Waals surface area contributed by atoms with E-state index in [-0.39, 0.29) is 12.5 Å². The summed E-state index contributed by atoms with van der Waals surface area (Å²) in [4.78, 5) is 12.6. The first-order valence-electron chi connectivity index (χ1n) is 9.21. The molecule has 1 amide bonds. The topological polar surface area (TPSA) is 86.2 Å². The molecule has 2 aliphatic heterocycles. The summed E-state index contributed by atoms with van der Waals surface area (Å²) < 4.78 is 23.0. The van der Waals surface area contributed by atoms with Crippen molar-refractivity contribution < 1.29 is 28.8 Å². The van der Waals surface area contributed by atoms with Crippen LogP contribution in [0.1, 0.15) is 22.2 Å². The van der Waals surface area contributed by atoms with Gasteiger partial charge in [0.25, 0.3) is 5.91 Å². The van der Waals surface area contributed by atoms with Crippen molar-refractivity contribution in [3.8, 4) is 0 Å². The maximum absolute atomic E-state index is 12.6. The van der Waals surface area contributed by atoms with Gasteiger partial charge < -0.3 is 29.4 Å². The number of nitrogens with one attached hydrogen (secondary N) is 1. The van der Waals surface area contributed by atoms with Crippen LogP contribution in [0.25, 0.3) is 0 Å². The van der Waals surface area contributed by atoms with E-state index in [0.29, 0.717) is 5.56 Å². The zero-order valence-corrected chi connectivity index (χ0v) is 15.4. The minimum Gasteiger partial charge on any atom is -0.388 e. The highest BCUT2D eigenvalue weighted by Crippen LogP contribution is 2.34. The first kappa shape index (κ1) is 19.0. The van der Waals surface area contributed by atoms with Crippen LogP contribution < -0.4 is 5.32 Å². The van der Waals surface area contributed by atoms with Gasteiger partial charge in [-0.1, -0.05) is 48.5 Å². The lowest BCUT2D eigenvalue weighted by molar-refractivity contribution is -0.340. The fourth-order valence-corrected chi connectivity index (χ4v) is 3.55. The maximum atomic E-state index is 12.6. The molecule has 2 aromatic rings. The minimum absolute atomic E-state index is 0.250. The number of benzene rings is 2. The number of ether oxygens (including phenoxy) is 4. The van der Waals surface area contributed by atoms with Crippen LogP contribution in [0.3, 0.4) is 0 Å². The third-order valence-corrected chi connectivity index (χ3v) is 5.00. The summed E-state index contributed by atoms with van der Waals surface area (Å²) in [6.45, 7) is 0.250. The quantitative estimate of drug-likeness (QED) is 0.832. The highest BCUT2D eigenvalue weighted by Gasteiger charge is 2.50. The second kappa shape index (κ2) is 8.38. The average molecular weight is 385 g/mol. The molecule has 6 atom stereocenters. The molecule has 0 radical (unpaired) electrons. The van der Waals surface area contributed by atoms with Gasteiger partial charge in [0.2, 0.25) is 0 Å². The Labute approximate surface area is 163 Å². The summed E-state index contributed by atoms with van der Waals surface area (Å²) >= 11 is 0. The molecule has 0 bridgehead atoms. The van der Waals surface area contributed by atoms with E-state index in [1.807, 2.05) is 36.4 Å². The number of carbonyl (C=O) groups is 1. The van der Waals surface area contributed by atoms with Gasteiger partial charge in [-0.15, -0.1) is 0 Å². The van der Waals surface area contributed by atoms with E-state index in [9.17, 15) is 9.90 Å². The molecule has 0 aromatic heterocycles. The van der Waals surface area contributed by atoms with Crippen LogP contribution in [0.15, 0.2) is 60.7 Å². The number of rotatable bonds is 4. The molecule has 148 valence electrons. The number of hydrogen-bond acceptors (Lipinski definition) is 6. The van der Waals surface area contributed by atoms with Crippen molar-refractivity contribution in [2.24, 2.45) is 0 Å². The van der Waals surface area contributed by atoms with Gasteiger partial charge in [0.05, 0.1) is 6.61 Å². The van der Waals surface area contributed by atoms with Crippen LogP contribution in [0.4, 0.5) is 0 Å². The number of aliphatic hydroxyl groups is 1. The van der Waals surface area contributed by atoms with Gasteiger partial charge in [0.15, 0.2) is 12.6 Å². The third-order valence-electron chi connectivity index (χ3n) is 5.00. The molecule has 28 heavy (non-hydrogen) atoms. The molecule has 0 unspecified atom stereocenters. The standard InChI is InChI=1S/C21H23NO6/c1-25-21-16(22-19(24)13-8-4-2-5-9-13)17(23)18-15(27-21)12-26-20(28-18)14-10-6-3-7-11-14/h2-11,15-18,20-21,23H,12H2,1H3,(H,22,24)/t15-,16-,17-,18-,20-,21+/m0/s1. The zero-order chi connectivity index (χ0) is 19.5. The fourth-order valence-electron chi connectivity index (χ4n) is 3.55. The molecule has 4 rings (SSSR count). The van der Waals surface area contributed by atoms with Gasteiger partial charge in [-0.3, -0.25) is 4.79 Å². The van der Waals surface area contributed by atoms with E-state index in [4.69, 9.17) is 18.9 Å². The summed E-state index contributed by atoms with van der Waals surface area (Å²) in [5.41, 5.74) is 1.34. The Morgan fingerprint density at radius 2 is 1.75 bits per heavy atom. The molecule has 2 saturated heterocycles. The molecule has 0 aliphatic carbocycles. The lowest BCUT2D eigenvalue weighted by Gasteiger charge is -2.47. The SMILES string of the molecule is CO[C@@H]1O[C@H]2CO[C@H](c3ccccc3)O[C@@H]2[C@@H](O)[C@@H]1NC(=O)c1ccccc1. The summed E-state index contributed by atoms with van der Waals surface area (Å²) in [7, 11) is 1.47. The molecular formula is C21H23NO6. The highest BCUT2D eigenvalue weighted by atomic mass is 16.7. The minimum atomic E-state index is -1.02. The molecule has 2 aliphatic rings. The Morgan fingerprint density at radius 1 is 1.07 bits per heavy atom. The number of carbonyl (C=O) groups excluding carboxylic acids is 1. The zero-order valence-electron chi connectivity index (χ0n) is 15.4. The van der Waals surface area contributed by atoms with E-state index in [0.717, 1.165) is 5.56 Å². The molecule has 2 N–H and O–H groups in total. The Hall–Kier alpha value is -2.29. The number of amides is 1. The first-order chi connectivity index (χ1) is 13.7. The third kappa shape index (κ3) is 3.80. The Morgan fingerprint density at radius 3 is 2.43 bits per heavy atom. The van der Waals surface area contributed by atoms with Crippen molar-refractivity contribution in [3.05, 3.63) is 71.8 Å². The van der Waals surface area contributed by atoms with Gasteiger partial charge in [0, 0.05) is 18.2 Å². The number of fused-ring (bicyclic) bond motifs is 1. The number of aliphatic hydroxyl groups excluding tert-OH is 1. The summed E-state index contributed by atoms with van der Waals surface area (Å²) in [6, 6.07) is 17.5. The maximum Gasteiger partial charge on any atom is 0.251 e. The fraction of sp³-hybridized carbons (Fsp3) is 0.381. The summed E-state index contributed by atoms with van der Waals surface area (Å²) in [6.07, 6.45) is -3.60. The van der Waals surface area contributed by atoms with Crippen molar-refractivity contribution in [2.75, 3.05) is 13.7 Å². The van der Waals surface area contributed by atoms with Gasteiger partial charge in [0.1, 0.15) is 24.4 Å². The van der Waals surface area contributed by atoms with Crippen molar-refractivity contribution in [1.29, 1.82) is 0 Å². The van der Waals surface area contributed by atoms with Crippen LogP contribution in [-0.2, 0) is 18.9 Å². The molecule has 2 aromatic carbocycles. The molecule has 7 nitrogen and oxygen atoms in total. The van der Waals surface area contributed by atoms with Crippen LogP contribution in [0.5, 0.6) is 0 Å². The van der Waals surface area contributed by atoms with Crippen LogP contribution in [0.2, 0.25) is 0 Å². The molecule has 2 fully saturated rings. The molecular weight excluding hydrogens is 362 g/mol. The van der Waals surface area contributed by atoms with E-state index in [2.05, 4.69) is 5.32 Å². The predicted molar refractivity (Wildman–Crippen MR) is 99.4 cm³/mol. The molecule has 7 heteroatoms. The van der Waals surface area contributed by atoms with Gasteiger partial charge >= 0.3 is 0 Å². The monoisotopic (exact) mass is 385 g/mol. The summed E-state index contributed by atoms with van der Waals surface area (Å²) in [5.74, 6) is -0.319. The van der Waals surface area contributed by atoms with Gasteiger partial charge in [-0.2, -0.15) is 0 Å². The Kier molecular flexibility index (Phi) is 5.70. The number of methoxy groups -OCH3 is 1. The van der Waals surface area contributed by atoms with Crippen molar-refractivity contribution in [2.45, 2.75) is 36.9 Å². The molecule has 0 spiro atoms. The predicted octanol–water partition coefficient (Wildman–Crippen LogP) is 1.63. The largest absolute Gasteiger partial charge is 0.388 e. The average Bonchev–Trinajstić information content (AvgIpc) is 2.76.